The molecule has 0 bridgehead atoms. The second-order valence-corrected chi connectivity index (χ2v) is 5.39. The Kier molecular flexibility index (Phi) is 14.0. The van der Waals surface area contributed by atoms with Gasteiger partial charge in [0, 0.05) is 0 Å². The highest BCUT2D eigenvalue weighted by Gasteiger charge is 2.04. The predicted octanol–water partition coefficient (Wildman–Crippen LogP) is 5.15. The third-order valence-corrected chi connectivity index (χ3v) is 3.68. The average molecular weight is 241 g/mol. The zero-order valence-electron chi connectivity index (χ0n) is 12.6. The average Bonchev–Trinajstić information content (AvgIpc) is 2.36. The van der Waals surface area contributed by atoms with Crippen LogP contribution >= 0.6 is 0 Å². The van der Waals surface area contributed by atoms with Crippen molar-refractivity contribution in [1.29, 1.82) is 0 Å². The van der Waals surface area contributed by atoms with Gasteiger partial charge in [0.25, 0.3) is 0 Å². The minimum atomic E-state index is 0.912. The molecule has 0 aromatic heterocycles. The van der Waals surface area contributed by atoms with E-state index in [9.17, 15) is 0 Å². The van der Waals surface area contributed by atoms with Gasteiger partial charge in [0.05, 0.1) is 0 Å². The van der Waals surface area contributed by atoms with E-state index in [0.29, 0.717) is 0 Å². The van der Waals surface area contributed by atoms with E-state index in [2.05, 4.69) is 26.1 Å². The van der Waals surface area contributed by atoms with E-state index in [1.165, 1.54) is 77.3 Å². The molecule has 0 aromatic rings. The Morgan fingerprint density at radius 3 is 2.06 bits per heavy atom. The zero-order chi connectivity index (χ0) is 12.8. The number of hydrogen-bond acceptors (Lipinski definition) is 1. The number of unbranched alkanes of at least 4 members (excludes halogenated alkanes) is 6. The summed E-state index contributed by atoms with van der Waals surface area (Å²) in [7, 11) is 0. The van der Waals surface area contributed by atoms with E-state index in [-0.39, 0.29) is 0 Å². The molecule has 1 nitrogen and oxygen atoms in total. The van der Waals surface area contributed by atoms with Gasteiger partial charge in [0.2, 0.25) is 0 Å². The van der Waals surface area contributed by atoms with Gasteiger partial charge < -0.3 is 5.32 Å². The van der Waals surface area contributed by atoms with Gasteiger partial charge in [-0.1, -0.05) is 72.1 Å². The van der Waals surface area contributed by atoms with Crippen LogP contribution in [0.15, 0.2) is 0 Å². The molecule has 0 saturated heterocycles. The molecule has 1 unspecified atom stereocenters. The molecule has 0 aliphatic rings. The van der Waals surface area contributed by atoms with Gasteiger partial charge in [-0.25, -0.2) is 0 Å². The fourth-order valence-corrected chi connectivity index (χ4v) is 2.28. The highest BCUT2D eigenvalue weighted by molar-refractivity contribution is 4.61. The van der Waals surface area contributed by atoms with Gasteiger partial charge in [-0.05, 0) is 31.8 Å². The lowest BCUT2D eigenvalue weighted by Crippen LogP contribution is -2.23. The van der Waals surface area contributed by atoms with E-state index in [0.717, 1.165) is 5.92 Å². The van der Waals surface area contributed by atoms with Gasteiger partial charge in [-0.3, -0.25) is 0 Å². The topological polar surface area (TPSA) is 12.0 Å². The summed E-state index contributed by atoms with van der Waals surface area (Å²) in [6.45, 7) is 9.37. The zero-order valence-corrected chi connectivity index (χ0v) is 12.6. The molecule has 1 N–H and O–H groups in total. The van der Waals surface area contributed by atoms with E-state index in [1.54, 1.807) is 0 Å². The molecule has 0 fully saturated rings. The molecule has 104 valence electrons. The van der Waals surface area contributed by atoms with Crippen LogP contribution in [0.4, 0.5) is 0 Å². The maximum atomic E-state index is 3.64. The second-order valence-electron chi connectivity index (χ2n) is 5.39. The van der Waals surface area contributed by atoms with Crippen molar-refractivity contribution in [3.05, 3.63) is 0 Å². The van der Waals surface area contributed by atoms with E-state index >= 15 is 0 Å². The van der Waals surface area contributed by atoms with Crippen molar-refractivity contribution >= 4 is 0 Å². The molecule has 0 aromatic carbocycles. The Bertz CT molecular complexity index is 133. The minimum absolute atomic E-state index is 0.912. The van der Waals surface area contributed by atoms with Crippen LogP contribution in [-0.2, 0) is 0 Å². The van der Waals surface area contributed by atoms with Crippen molar-refractivity contribution in [2.45, 2.75) is 85.0 Å². The standard InChI is InChI=1S/C16H35N/c1-4-7-9-10-11-12-14-17-15-16(6-3)13-8-5-2/h16-17H,4-15H2,1-3H3. The molecule has 17 heavy (non-hydrogen) atoms. The van der Waals surface area contributed by atoms with Gasteiger partial charge >= 0.3 is 0 Å². The van der Waals surface area contributed by atoms with E-state index < -0.39 is 0 Å². The lowest BCUT2D eigenvalue weighted by molar-refractivity contribution is 0.416. The van der Waals surface area contributed by atoms with Crippen molar-refractivity contribution in [3.63, 3.8) is 0 Å². The Hall–Kier alpha value is -0.0400. The SMILES string of the molecule is CCCCCCCCNCC(CC)CCCC. The first kappa shape index (κ1) is 17.0. The second kappa shape index (κ2) is 14.0. The number of rotatable bonds is 13. The van der Waals surface area contributed by atoms with Crippen LogP contribution in [0, 0.1) is 5.92 Å². The van der Waals surface area contributed by atoms with Crippen molar-refractivity contribution in [1.82, 2.24) is 5.32 Å². The summed E-state index contributed by atoms with van der Waals surface area (Å²) in [5.74, 6) is 0.912. The van der Waals surface area contributed by atoms with Crippen LogP contribution in [0.2, 0.25) is 0 Å². The smallest absolute Gasteiger partial charge is 0.00206 e. The molecule has 1 heteroatoms. The van der Waals surface area contributed by atoms with Crippen LogP contribution < -0.4 is 5.32 Å². The van der Waals surface area contributed by atoms with Crippen LogP contribution in [0.5, 0.6) is 0 Å². The molecule has 0 amide bonds. The molecular weight excluding hydrogens is 206 g/mol. The van der Waals surface area contributed by atoms with Gasteiger partial charge in [-0.15, -0.1) is 0 Å². The first-order chi connectivity index (χ1) is 8.35. The van der Waals surface area contributed by atoms with Crippen LogP contribution in [0.3, 0.4) is 0 Å². The highest BCUT2D eigenvalue weighted by Crippen LogP contribution is 2.11. The molecule has 0 radical (unpaired) electrons. The third kappa shape index (κ3) is 12.2. The maximum absolute atomic E-state index is 3.64. The molecule has 0 aliphatic heterocycles. The maximum Gasteiger partial charge on any atom is -0.00206 e. The first-order valence-electron chi connectivity index (χ1n) is 8.05. The molecular formula is C16H35N. The normalized spacial score (nSPS) is 12.9. The molecule has 0 spiro atoms. The van der Waals surface area contributed by atoms with Gasteiger partial charge in [0.15, 0.2) is 0 Å². The molecule has 1 atom stereocenters. The van der Waals surface area contributed by atoms with Gasteiger partial charge in [-0.2, -0.15) is 0 Å². The van der Waals surface area contributed by atoms with Gasteiger partial charge in [0.1, 0.15) is 0 Å². The quantitative estimate of drug-likeness (QED) is 0.440. The van der Waals surface area contributed by atoms with Crippen LogP contribution in [0.25, 0.3) is 0 Å². The lowest BCUT2D eigenvalue weighted by atomic mass is 9.99. The molecule has 0 heterocycles. The highest BCUT2D eigenvalue weighted by atomic mass is 14.8. The van der Waals surface area contributed by atoms with Crippen molar-refractivity contribution in [3.8, 4) is 0 Å². The Labute approximate surface area is 110 Å². The first-order valence-corrected chi connectivity index (χ1v) is 8.05. The summed E-state index contributed by atoms with van der Waals surface area (Å²) in [6.07, 6.45) is 13.9. The lowest BCUT2D eigenvalue weighted by Gasteiger charge is -2.15. The number of nitrogens with one attached hydrogen (secondary N) is 1. The van der Waals surface area contributed by atoms with E-state index in [1.807, 2.05) is 0 Å². The fourth-order valence-electron chi connectivity index (χ4n) is 2.28. The Balaban J connectivity index is 3.19. The van der Waals surface area contributed by atoms with Crippen LogP contribution in [0.1, 0.15) is 85.0 Å². The minimum Gasteiger partial charge on any atom is -0.316 e. The summed E-state index contributed by atoms with van der Waals surface area (Å²) in [5, 5.41) is 3.64. The Morgan fingerprint density at radius 1 is 0.765 bits per heavy atom. The third-order valence-electron chi connectivity index (χ3n) is 3.68. The van der Waals surface area contributed by atoms with Crippen molar-refractivity contribution < 1.29 is 0 Å². The Morgan fingerprint density at radius 2 is 1.41 bits per heavy atom. The largest absolute Gasteiger partial charge is 0.316 e. The van der Waals surface area contributed by atoms with Crippen LogP contribution in [-0.4, -0.2) is 13.1 Å². The summed E-state index contributed by atoms with van der Waals surface area (Å²) in [5.41, 5.74) is 0. The number of hydrogen-bond donors (Lipinski definition) is 1. The fraction of sp³-hybridized carbons (Fsp3) is 1.00. The summed E-state index contributed by atoms with van der Waals surface area (Å²) in [6, 6.07) is 0. The summed E-state index contributed by atoms with van der Waals surface area (Å²) in [4.78, 5) is 0. The predicted molar refractivity (Wildman–Crippen MR) is 79.6 cm³/mol. The molecule has 0 saturated carbocycles. The molecule has 0 aliphatic carbocycles. The monoisotopic (exact) mass is 241 g/mol. The summed E-state index contributed by atoms with van der Waals surface area (Å²) < 4.78 is 0. The van der Waals surface area contributed by atoms with Crippen molar-refractivity contribution in [2.24, 2.45) is 5.92 Å². The van der Waals surface area contributed by atoms with Crippen molar-refractivity contribution in [2.75, 3.05) is 13.1 Å². The van der Waals surface area contributed by atoms with E-state index in [4.69, 9.17) is 0 Å². The summed E-state index contributed by atoms with van der Waals surface area (Å²) >= 11 is 0. The molecule has 0 rings (SSSR count).